The van der Waals surface area contributed by atoms with Crippen LogP contribution in [-0.2, 0) is 14.3 Å². The van der Waals surface area contributed by atoms with Gasteiger partial charge in [-0.2, -0.15) is 0 Å². The Hall–Kier alpha value is -0.610. The van der Waals surface area contributed by atoms with Crippen molar-refractivity contribution in [3.63, 3.8) is 0 Å². The largest absolute Gasteiger partial charge is 0.379 e. The number of rotatable bonds is 2. The molecular formula is C16H25NO3. The van der Waals surface area contributed by atoms with Crippen LogP contribution in [0.3, 0.4) is 0 Å². The maximum Gasteiger partial charge on any atom is 0.255 e. The summed E-state index contributed by atoms with van der Waals surface area (Å²) in [7, 11) is 1.71. The zero-order chi connectivity index (χ0) is 13.8. The molecular weight excluding hydrogens is 254 g/mol. The fourth-order valence-electron chi connectivity index (χ4n) is 5.10. The Morgan fingerprint density at radius 2 is 1.90 bits per heavy atom. The average Bonchev–Trinajstić information content (AvgIpc) is 3.12. The van der Waals surface area contributed by atoms with Gasteiger partial charge in [-0.3, -0.25) is 4.79 Å². The molecule has 112 valence electrons. The van der Waals surface area contributed by atoms with Crippen molar-refractivity contribution in [2.45, 2.75) is 56.6 Å². The van der Waals surface area contributed by atoms with Crippen LogP contribution in [-0.4, -0.2) is 49.3 Å². The number of carbonyl (C=O) groups is 1. The van der Waals surface area contributed by atoms with E-state index in [1.807, 2.05) is 0 Å². The lowest BCUT2D eigenvalue weighted by atomic mass is 9.62. The van der Waals surface area contributed by atoms with Gasteiger partial charge in [-0.1, -0.05) is 6.42 Å². The summed E-state index contributed by atoms with van der Waals surface area (Å²) in [4.78, 5) is 15.3. The zero-order valence-corrected chi connectivity index (χ0v) is 12.4. The van der Waals surface area contributed by atoms with Crippen LogP contribution < -0.4 is 0 Å². The molecule has 0 radical (unpaired) electrons. The van der Waals surface area contributed by atoms with E-state index in [2.05, 4.69) is 4.90 Å². The average molecular weight is 279 g/mol. The van der Waals surface area contributed by atoms with E-state index in [0.29, 0.717) is 17.4 Å². The number of ether oxygens (including phenoxy) is 2. The molecule has 2 aliphatic carbocycles. The van der Waals surface area contributed by atoms with Crippen molar-refractivity contribution in [3.8, 4) is 0 Å². The number of fused-ring (bicyclic) bond motifs is 2. The summed E-state index contributed by atoms with van der Waals surface area (Å²) in [5.41, 5.74) is -0.146. The molecule has 4 aliphatic rings. The zero-order valence-electron chi connectivity index (χ0n) is 12.4. The Kier molecular flexibility index (Phi) is 2.90. The topological polar surface area (TPSA) is 38.8 Å². The molecule has 0 aromatic heterocycles. The minimum absolute atomic E-state index is 0.252. The van der Waals surface area contributed by atoms with Crippen LogP contribution in [0.1, 0.15) is 44.9 Å². The first-order valence-electron chi connectivity index (χ1n) is 8.15. The van der Waals surface area contributed by atoms with Gasteiger partial charge in [-0.15, -0.1) is 0 Å². The quantitative estimate of drug-likeness (QED) is 0.776. The second-order valence-corrected chi connectivity index (χ2v) is 7.27. The van der Waals surface area contributed by atoms with E-state index >= 15 is 0 Å². The van der Waals surface area contributed by atoms with Crippen LogP contribution in [0.15, 0.2) is 0 Å². The van der Waals surface area contributed by atoms with E-state index in [1.165, 1.54) is 19.3 Å². The molecule has 2 atom stereocenters. The number of amides is 1. The van der Waals surface area contributed by atoms with Crippen LogP contribution in [0.4, 0.5) is 0 Å². The van der Waals surface area contributed by atoms with Gasteiger partial charge in [0.15, 0.2) is 0 Å². The van der Waals surface area contributed by atoms with Gasteiger partial charge in [0, 0.05) is 19.6 Å². The first-order valence-corrected chi connectivity index (χ1v) is 8.15. The van der Waals surface area contributed by atoms with E-state index < -0.39 is 5.60 Å². The van der Waals surface area contributed by atoms with Crippen molar-refractivity contribution in [1.82, 2.24) is 4.90 Å². The highest BCUT2D eigenvalue weighted by Crippen LogP contribution is 2.56. The van der Waals surface area contributed by atoms with E-state index in [-0.39, 0.29) is 5.91 Å². The second kappa shape index (κ2) is 4.44. The Bertz CT molecular complexity index is 412. The maximum atomic E-state index is 13.1. The Labute approximate surface area is 120 Å². The fourth-order valence-corrected chi connectivity index (χ4v) is 5.10. The van der Waals surface area contributed by atoms with Crippen molar-refractivity contribution >= 4 is 5.91 Å². The smallest absolute Gasteiger partial charge is 0.255 e. The lowest BCUT2D eigenvalue weighted by Crippen LogP contribution is -2.51. The standard InChI is InChI=1S/C16H25NO3/c1-19-16(7-2-3-8-16)14(18)17-11-15(5-4-6-15)12-9-20-10-13(12)17/h12-13H,2-11H2,1H3. The number of hydrogen-bond donors (Lipinski definition) is 0. The summed E-state index contributed by atoms with van der Waals surface area (Å²) in [6.07, 6.45) is 7.89. The van der Waals surface area contributed by atoms with Crippen LogP contribution >= 0.6 is 0 Å². The molecule has 2 saturated carbocycles. The summed E-state index contributed by atoms with van der Waals surface area (Å²) in [5.74, 6) is 0.831. The van der Waals surface area contributed by atoms with Crippen molar-refractivity contribution in [3.05, 3.63) is 0 Å². The number of methoxy groups -OCH3 is 1. The number of carbonyl (C=O) groups excluding carboxylic acids is 1. The second-order valence-electron chi connectivity index (χ2n) is 7.27. The predicted molar refractivity (Wildman–Crippen MR) is 74.3 cm³/mol. The van der Waals surface area contributed by atoms with E-state index in [4.69, 9.17) is 9.47 Å². The molecule has 0 aromatic rings. The molecule has 0 aromatic carbocycles. The third-order valence-corrected chi connectivity index (χ3v) is 6.52. The molecule has 0 N–H and O–H groups in total. The molecule has 4 nitrogen and oxygen atoms in total. The number of hydrogen-bond acceptors (Lipinski definition) is 3. The van der Waals surface area contributed by atoms with E-state index in [9.17, 15) is 4.79 Å². The molecule has 1 amide bonds. The minimum atomic E-state index is -0.525. The van der Waals surface area contributed by atoms with Crippen LogP contribution in [0, 0.1) is 11.3 Å². The van der Waals surface area contributed by atoms with Crippen LogP contribution in [0.5, 0.6) is 0 Å². The van der Waals surface area contributed by atoms with E-state index in [1.54, 1.807) is 7.11 Å². The number of likely N-dealkylation sites (tertiary alicyclic amines) is 1. The molecule has 4 heteroatoms. The first-order chi connectivity index (χ1) is 9.71. The highest BCUT2D eigenvalue weighted by Gasteiger charge is 2.60. The fraction of sp³-hybridized carbons (Fsp3) is 0.938. The molecule has 2 aliphatic heterocycles. The lowest BCUT2D eigenvalue weighted by Gasteiger charge is -2.42. The highest BCUT2D eigenvalue weighted by molar-refractivity contribution is 5.86. The highest BCUT2D eigenvalue weighted by atomic mass is 16.5. The molecule has 2 heterocycles. The summed E-state index contributed by atoms with van der Waals surface area (Å²) >= 11 is 0. The molecule has 1 spiro atoms. The third-order valence-electron chi connectivity index (χ3n) is 6.52. The maximum absolute atomic E-state index is 13.1. The Balaban J connectivity index is 1.60. The van der Waals surface area contributed by atoms with Crippen LogP contribution in [0.25, 0.3) is 0 Å². The minimum Gasteiger partial charge on any atom is -0.379 e. The van der Waals surface area contributed by atoms with Gasteiger partial charge in [-0.05, 0) is 43.9 Å². The van der Waals surface area contributed by atoms with Gasteiger partial charge in [0.2, 0.25) is 0 Å². The van der Waals surface area contributed by atoms with Gasteiger partial charge in [0.05, 0.1) is 19.3 Å². The summed E-state index contributed by atoms with van der Waals surface area (Å²) in [5, 5.41) is 0. The van der Waals surface area contributed by atoms with Crippen molar-refractivity contribution in [1.29, 1.82) is 0 Å². The molecule has 4 rings (SSSR count). The lowest BCUT2D eigenvalue weighted by molar-refractivity contribution is -0.156. The normalized spacial score (nSPS) is 37.1. The van der Waals surface area contributed by atoms with Gasteiger partial charge in [0.1, 0.15) is 5.60 Å². The third kappa shape index (κ3) is 1.58. The molecule has 2 unspecified atom stereocenters. The molecule has 2 saturated heterocycles. The SMILES string of the molecule is COC1(C(=O)N2CC3(CCC3)C3COCC32)CCCC1. The summed E-state index contributed by atoms with van der Waals surface area (Å²) in [6, 6.07) is 0.315. The van der Waals surface area contributed by atoms with Gasteiger partial charge >= 0.3 is 0 Å². The number of nitrogens with zero attached hydrogens (tertiary/aromatic N) is 1. The summed E-state index contributed by atoms with van der Waals surface area (Å²) < 4.78 is 11.4. The van der Waals surface area contributed by atoms with Gasteiger partial charge in [-0.25, -0.2) is 0 Å². The van der Waals surface area contributed by atoms with Crippen molar-refractivity contribution in [2.24, 2.45) is 11.3 Å². The van der Waals surface area contributed by atoms with Crippen LogP contribution in [0.2, 0.25) is 0 Å². The Morgan fingerprint density at radius 1 is 1.15 bits per heavy atom. The van der Waals surface area contributed by atoms with Crippen molar-refractivity contribution in [2.75, 3.05) is 26.9 Å². The van der Waals surface area contributed by atoms with Gasteiger partial charge < -0.3 is 14.4 Å². The summed E-state index contributed by atoms with van der Waals surface area (Å²) in [6.45, 7) is 2.54. The Morgan fingerprint density at radius 3 is 2.50 bits per heavy atom. The first kappa shape index (κ1) is 13.1. The predicted octanol–water partition coefficient (Wildman–Crippen LogP) is 1.97. The van der Waals surface area contributed by atoms with Crippen molar-refractivity contribution < 1.29 is 14.3 Å². The molecule has 4 fully saturated rings. The van der Waals surface area contributed by atoms with Gasteiger partial charge in [0.25, 0.3) is 5.91 Å². The van der Waals surface area contributed by atoms with E-state index in [0.717, 1.165) is 45.4 Å². The monoisotopic (exact) mass is 279 g/mol. The molecule has 0 bridgehead atoms. The molecule has 20 heavy (non-hydrogen) atoms.